The van der Waals surface area contributed by atoms with Crippen LogP contribution in [0.3, 0.4) is 0 Å². The Morgan fingerprint density at radius 1 is 0.885 bits per heavy atom. The monoisotopic (exact) mass is 347 g/mol. The molecule has 5 heteroatoms. The highest BCUT2D eigenvalue weighted by molar-refractivity contribution is 5.95. The molecule has 0 unspecified atom stereocenters. The number of aryl methyl sites for hydroxylation is 1. The second-order valence-electron chi connectivity index (χ2n) is 6.49. The van der Waals surface area contributed by atoms with Crippen molar-refractivity contribution in [2.45, 2.75) is 6.92 Å². The van der Waals surface area contributed by atoms with Crippen LogP contribution in [0.2, 0.25) is 0 Å². The lowest BCUT2D eigenvalue weighted by molar-refractivity contribution is 0.555. The molecule has 2 heterocycles. The van der Waals surface area contributed by atoms with E-state index in [4.69, 9.17) is 8.83 Å². The molecule has 0 aliphatic heterocycles. The van der Waals surface area contributed by atoms with Gasteiger partial charge < -0.3 is 13.7 Å². The maximum Gasteiger partial charge on any atom is 0.344 e. The average Bonchev–Trinajstić information content (AvgIpc) is 2.60. The van der Waals surface area contributed by atoms with Crippen LogP contribution in [-0.2, 0) is 0 Å². The van der Waals surface area contributed by atoms with Crippen LogP contribution in [0.25, 0.3) is 33.1 Å². The van der Waals surface area contributed by atoms with Gasteiger partial charge in [-0.05, 0) is 30.7 Å². The maximum atomic E-state index is 12.6. The molecule has 2 aromatic carbocycles. The second-order valence-corrected chi connectivity index (χ2v) is 6.49. The molecule has 0 radical (unpaired) electrons. The fourth-order valence-electron chi connectivity index (χ4n) is 3.12. The first-order valence-electron chi connectivity index (χ1n) is 8.23. The van der Waals surface area contributed by atoms with Gasteiger partial charge in [0.05, 0.1) is 5.56 Å². The van der Waals surface area contributed by atoms with Crippen molar-refractivity contribution in [2.75, 3.05) is 19.0 Å². The van der Waals surface area contributed by atoms with E-state index in [0.29, 0.717) is 22.3 Å². The Bertz CT molecular complexity index is 1260. The van der Waals surface area contributed by atoms with E-state index in [1.54, 1.807) is 12.1 Å². The zero-order valence-corrected chi connectivity index (χ0v) is 14.7. The Balaban J connectivity index is 2.02. The van der Waals surface area contributed by atoms with Crippen LogP contribution in [0.1, 0.15) is 5.56 Å². The summed E-state index contributed by atoms with van der Waals surface area (Å²) >= 11 is 0. The van der Waals surface area contributed by atoms with Crippen LogP contribution >= 0.6 is 0 Å². The van der Waals surface area contributed by atoms with E-state index in [9.17, 15) is 9.59 Å². The van der Waals surface area contributed by atoms with Gasteiger partial charge in [0.2, 0.25) is 0 Å². The third-order valence-corrected chi connectivity index (χ3v) is 4.50. The Morgan fingerprint density at radius 3 is 2.46 bits per heavy atom. The molecule has 0 N–H and O–H groups in total. The van der Waals surface area contributed by atoms with Crippen LogP contribution in [0, 0.1) is 6.92 Å². The summed E-state index contributed by atoms with van der Waals surface area (Å²) in [4.78, 5) is 26.4. The van der Waals surface area contributed by atoms with Gasteiger partial charge in [-0.15, -0.1) is 0 Å². The standard InChI is InChI=1S/C21H17NO4/c1-12-9-19(23)26-20-15(12)5-4-6-16(20)17-10-13-7-8-14(22(2)3)11-18(13)25-21(17)24/h4-11H,1-3H3. The number of nitrogens with zero attached hydrogens (tertiary/aromatic N) is 1. The molecule has 0 aliphatic rings. The highest BCUT2D eigenvalue weighted by Gasteiger charge is 2.14. The van der Waals surface area contributed by atoms with Crippen molar-refractivity contribution >= 4 is 27.6 Å². The lowest BCUT2D eigenvalue weighted by Gasteiger charge is -2.12. The summed E-state index contributed by atoms with van der Waals surface area (Å²) in [5.41, 5.74) is 2.68. The minimum Gasteiger partial charge on any atom is -0.422 e. The van der Waals surface area contributed by atoms with Crippen LogP contribution < -0.4 is 16.2 Å². The highest BCUT2D eigenvalue weighted by Crippen LogP contribution is 2.30. The maximum absolute atomic E-state index is 12.6. The van der Waals surface area contributed by atoms with E-state index in [-0.39, 0.29) is 0 Å². The van der Waals surface area contributed by atoms with E-state index in [1.165, 1.54) is 6.07 Å². The Labute approximate surface area is 149 Å². The van der Waals surface area contributed by atoms with Crippen molar-refractivity contribution in [3.63, 3.8) is 0 Å². The molecular weight excluding hydrogens is 330 g/mol. The molecule has 0 bridgehead atoms. The first kappa shape index (κ1) is 16.1. The van der Waals surface area contributed by atoms with E-state index < -0.39 is 11.3 Å². The second kappa shape index (κ2) is 5.88. The normalized spacial score (nSPS) is 11.2. The van der Waals surface area contributed by atoms with Crippen LogP contribution in [-0.4, -0.2) is 14.1 Å². The minimum atomic E-state index is -0.468. The molecule has 5 nitrogen and oxygen atoms in total. The molecule has 0 atom stereocenters. The van der Waals surface area contributed by atoms with Gasteiger partial charge >= 0.3 is 11.3 Å². The molecular formula is C21H17NO4. The van der Waals surface area contributed by atoms with Crippen LogP contribution in [0.15, 0.2) is 67.0 Å². The minimum absolute atomic E-state index is 0.370. The number of rotatable bonds is 2. The van der Waals surface area contributed by atoms with Crippen molar-refractivity contribution in [2.24, 2.45) is 0 Å². The molecule has 0 amide bonds. The summed E-state index contributed by atoms with van der Waals surface area (Å²) in [5.74, 6) is 0. The number of benzene rings is 2. The van der Waals surface area contributed by atoms with E-state index >= 15 is 0 Å². The fraction of sp³-hybridized carbons (Fsp3) is 0.143. The predicted octanol–water partition coefficient (Wildman–Crippen LogP) is 3.94. The molecule has 0 fully saturated rings. The molecule has 0 spiro atoms. The van der Waals surface area contributed by atoms with Gasteiger partial charge in [0.25, 0.3) is 0 Å². The first-order chi connectivity index (χ1) is 12.4. The molecule has 0 saturated heterocycles. The zero-order chi connectivity index (χ0) is 18.4. The smallest absolute Gasteiger partial charge is 0.344 e. The summed E-state index contributed by atoms with van der Waals surface area (Å²) in [6.45, 7) is 1.84. The van der Waals surface area contributed by atoms with Crippen LogP contribution in [0.4, 0.5) is 5.69 Å². The first-order valence-corrected chi connectivity index (χ1v) is 8.23. The van der Waals surface area contributed by atoms with Crippen molar-refractivity contribution in [1.82, 2.24) is 0 Å². The number of para-hydroxylation sites is 1. The van der Waals surface area contributed by atoms with E-state index in [1.807, 2.05) is 56.3 Å². The SMILES string of the molecule is Cc1cc(=O)oc2c(-c3cc4ccc(N(C)C)cc4oc3=O)cccc12. The molecule has 4 rings (SSSR count). The number of fused-ring (bicyclic) bond motifs is 2. The van der Waals surface area contributed by atoms with Crippen molar-refractivity contribution in [3.05, 3.63) is 74.9 Å². The van der Waals surface area contributed by atoms with Gasteiger partial charge in [-0.25, -0.2) is 9.59 Å². The Kier molecular flexibility index (Phi) is 3.65. The highest BCUT2D eigenvalue weighted by atomic mass is 16.4. The van der Waals surface area contributed by atoms with Crippen molar-refractivity contribution in [3.8, 4) is 11.1 Å². The summed E-state index contributed by atoms with van der Waals surface area (Å²) in [6, 6.07) is 14.4. The lowest BCUT2D eigenvalue weighted by atomic mass is 10.0. The quantitative estimate of drug-likeness (QED) is 0.514. The molecule has 4 aromatic rings. The molecule has 26 heavy (non-hydrogen) atoms. The molecule has 0 saturated carbocycles. The van der Waals surface area contributed by atoms with E-state index in [0.717, 1.165) is 22.0 Å². The summed E-state index contributed by atoms with van der Waals surface area (Å²) in [6.07, 6.45) is 0. The van der Waals surface area contributed by atoms with Gasteiger partial charge in [-0.1, -0.05) is 18.2 Å². The molecule has 2 aromatic heterocycles. The van der Waals surface area contributed by atoms with Gasteiger partial charge in [0.1, 0.15) is 11.2 Å². The number of hydrogen-bond donors (Lipinski definition) is 0. The van der Waals surface area contributed by atoms with Crippen LogP contribution in [0.5, 0.6) is 0 Å². The zero-order valence-electron chi connectivity index (χ0n) is 14.7. The third-order valence-electron chi connectivity index (χ3n) is 4.50. The van der Waals surface area contributed by atoms with Gasteiger partial charge in [-0.2, -0.15) is 0 Å². The Hall–Kier alpha value is -3.34. The van der Waals surface area contributed by atoms with Gasteiger partial charge in [-0.3, -0.25) is 0 Å². The van der Waals surface area contributed by atoms with E-state index in [2.05, 4.69) is 0 Å². The summed E-state index contributed by atoms with van der Waals surface area (Å²) in [7, 11) is 3.85. The summed E-state index contributed by atoms with van der Waals surface area (Å²) in [5, 5.41) is 1.60. The Morgan fingerprint density at radius 2 is 1.69 bits per heavy atom. The van der Waals surface area contributed by atoms with Gasteiger partial charge in [0, 0.05) is 48.3 Å². The molecule has 130 valence electrons. The van der Waals surface area contributed by atoms with Crippen molar-refractivity contribution in [1.29, 1.82) is 0 Å². The largest absolute Gasteiger partial charge is 0.422 e. The number of anilines is 1. The topological polar surface area (TPSA) is 63.7 Å². The molecule has 0 aliphatic carbocycles. The predicted molar refractivity (Wildman–Crippen MR) is 103 cm³/mol. The van der Waals surface area contributed by atoms with Crippen molar-refractivity contribution < 1.29 is 8.83 Å². The van der Waals surface area contributed by atoms with Gasteiger partial charge in [0.15, 0.2) is 0 Å². The lowest BCUT2D eigenvalue weighted by Crippen LogP contribution is -2.09. The third kappa shape index (κ3) is 2.58. The number of hydrogen-bond acceptors (Lipinski definition) is 5. The average molecular weight is 347 g/mol. The fourth-order valence-corrected chi connectivity index (χ4v) is 3.12. The summed E-state index contributed by atoms with van der Waals surface area (Å²) < 4.78 is 10.9.